The molecule has 9 nitrogen and oxygen atoms in total. The van der Waals surface area contributed by atoms with Crippen molar-refractivity contribution in [3.05, 3.63) is 52.3 Å². The lowest BCUT2D eigenvalue weighted by atomic mass is 9.85. The molecule has 44 heavy (non-hydrogen) atoms. The van der Waals surface area contributed by atoms with E-state index in [0.29, 0.717) is 42.5 Å². The van der Waals surface area contributed by atoms with Gasteiger partial charge in [-0.1, -0.05) is 12.1 Å². The Labute approximate surface area is 257 Å². The van der Waals surface area contributed by atoms with Crippen molar-refractivity contribution in [1.82, 2.24) is 30.0 Å². The van der Waals surface area contributed by atoms with Crippen LogP contribution in [0.2, 0.25) is 0 Å². The molecular weight excluding hydrogens is 571 g/mol. The smallest absolute Gasteiger partial charge is 0.338 e. The van der Waals surface area contributed by atoms with Gasteiger partial charge >= 0.3 is 12.2 Å². The van der Waals surface area contributed by atoms with E-state index in [1.165, 1.54) is 12.1 Å². The topological polar surface area (TPSA) is 93.7 Å². The fourth-order valence-electron chi connectivity index (χ4n) is 6.94. The van der Waals surface area contributed by atoms with Gasteiger partial charge in [-0.2, -0.15) is 13.2 Å². The number of nitrogens with one attached hydrogen (secondary N) is 2. The summed E-state index contributed by atoms with van der Waals surface area (Å²) in [6.07, 6.45) is -0.434. The molecule has 2 N–H and O–H groups in total. The van der Waals surface area contributed by atoms with Crippen molar-refractivity contribution in [2.75, 3.05) is 44.6 Å². The molecule has 0 bridgehead atoms. The zero-order valence-electron chi connectivity index (χ0n) is 26.3. The van der Waals surface area contributed by atoms with Crippen LogP contribution in [0.1, 0.15) is 85.4 Å². The molecule has 1 saturated carbocycles. The molecule has 1 unspecified atom stereocenters. The van der Waals surface area contributed by atoms with Crippen LogP contribution in [0.5, 0.6) is 0 Å². The van der Waals surface area contributed by atoms with E-state index in [-0.39, 0.29) is 29.5 Å². The summed E-state index contributed by atoms with van der Waals surface area (Å²) in [6.45, 7) is 14.2. The van der Waals surface area contributed by atoms with E-state index < -0.39 is 17.8 Å². The molecule has 240 valence electrons. The van der Waals surface area contributed by atoms with Crippen molar-refractivity contribution < 1.29 is 22.8 Å². The van der Waals surface area contributed by atoms with E-state index in [4.69, 9.17) is 0 Å². The van der Waals surface area contributed by atoms with Gasteiger partial charge in [-0.15, -0.1) is 0 Å². The van der Waals surface area contributed by atoms with Crippen LogP contribution in [-0.2, 0) is 6.18 Å². The molecule has 2 aliphatic heterocycles. The molecule has 3 aliphatic rings. The van der Waals surface area contributed by atoms with Crippen LogP contribution in [-0.4, -0.2) is 87.5 Å². The number of hydrogen-bond donors (Lipinski definition) is 2. The van der Waals surface area contributed by atoms with Crippen molar-refractivity contribution in [2.24, 2.45) is 5.92 Å². The van der Waals surface area contributed by atoms with E-state index in [2.05, 4.69) is 44.2 Å². The number of urea groups is 1. The number of amides is 3. The largest absolute Gasteiger partial charge is 0.416 e. The minimum Gasteiger partial charge on any atom is -0.338 e. The zero-order chi connectivity index (χ0) is 31.8. The number of aromatic nitrogens is 2. The van der Waals surface area contributed by atoms with Gasteiger partial charge < -0.3 is 10.2 Å². The summed E-state index contributed by atoms with van der Waals surface area (Å²) < 4.78 is 39.5. The van der Waals surface area contributed by atoms with Crippen LogP contribution in [0.15, 0.2) is 24.3 Å². The van der Waals surface area contributed by atoms with Crippen molar-refractivity contribution in [3.8, 4) is 0 Å². The molecule has 1 aromatic carbocycles. The molecule has 2 saturated heterocycles. The average Bonchev–Trinajstić information content (AvgIpc) is 3.79. The Balaban J connectivity index is 1.20. The first-order valence-electron chi connectivity index (χ1n) is 15.7. The van der Waals surface area contributed by atoms with Gasteiger partial charge in [0.1, 0.15) is 0 Å². The maximum absolute atomic E-state index is 13.6. The maximum atomic E-state index is 13.6. The number of alkyl halides is 3. The first kappa shape index (κ1) is 32.2. The van der Waals surface area contributed by atoms with Crippen LogP contribution in [0.25, 0.3) is 0 Å². The van der Waals surface area contributed by atoms with Crippen molar-refractivity contribution in [3.63, 3.8) is 0 Å². The third-order valence-corrected chi connectivity index (χ3v) is 9.62. The fourth-order valence-corrected chi connectivity index (χ4v) is 6.94. The van der Waals surface area contributed by atoms with E-state index in [1.807, 2.05) is 11.8 Å². The molecule has 12 heteroatoms. The fraction of sp³-hybridized carbons (Fsp3) is 0.625. The lowest BCUT2D eigenvalue weighted by molar-refractivity contribution is -0.137. The Kier molecular flexibility index (Phi) is 9.23. The standard InChI is InChI=1S/C32H44F3N7O2/c1-6-36-30(44)39-29-37-21(3)26(22(4)38-29)28(43)40-15-13-31(5,14-16-40)41-17-18-42(20(2)19-41)27(23-7-8-23)24-9-11-25(12-10-24)32(33,34)35/h9-12,20,23,27H,6-8,13-19H2,1-5H3,(H2,36,37,38,39,44)/t20-,27?/m0/s1. The first-order chi connectivity index (χ1) is 20.8. The number of benzene rings is 1. The van der Waals surface area contributed by atoms with Crippen molar-refractivity contribution in [2.45, 2.75) is 84.1 Å². The Morgan fingerprint density at radius 3 is 2.16 bits per heavy atom. The lowest BCUT2D eigenvalue weighted by Gasteiger charge is -2.53. The predicted molar refractivity (Wildman–Crippen MR) is 162 cm³/mol. The highest BCUT2D eigenvalue weighted by atomic mass is 19.4. The number of likely N-dealkylation sites (tertiary alicyclic amines) is 1. The monoisotopic (exact) mass is 615 g/mol. The molecule has 5 rings (SSSR count). The van der Waals surface area contributed by atoms with Gasteiger partial charge in [0.2, 0.25) is 5.95 Å². The number of piperidine rings is 1. The zero-order valence-corrected chi connectivity index (χ0v) is 26.3. The molecule has 0 spiro atoms. The summed E-state index contributed by atoms with van der Waals surface area (Å²) in [5, 5.41) is 5.25. The number of halogens is 3. The number of aryl methyl sites for hydroxylation is 2. The van der Waals surface area contributed by atoms with E-state index in [0.717, 1.165) is 50.9 Å². The first-order valence-corrected chi connectivity index (χ1v) is 15.7. The highest BCUT2D eigenvalue weighted by molar-refractivity contribution is 5.96. The summed E-state index contributed by atoms with van der Waals surface area (Å²) in [6, 6.07) is 5.77. The third kappa shape index (κ3) is 6.86. The second-order valence-electron chi connectivity index (χ2n) is 12.8. The molecule has 2 aromatic rings. The second kappa shape index (κ2) is 12.6. The summed E-state index contributed by atoms with van der Waals surface area (Å²) in [5.74, 6) is 0.567. The number of anilines is 1. The van der Waals surface area contributed by atoms with Crippen molar-refractivity contribution >= 4 is 17.9 Å². The molecule has 3 fully saturated rings. The highest BCUT2D eigenvalue weighted by Gasteiger charge is 2.44. The quantitative estimate of drug-likeness (QED) is 0.433. The molecule has 1 aromatic heterocycles. The minimum absolute atomic E-state index is 0.0540. The summed E-state index contributed by atoms with van der Waals surface area (Å²) in [7, 11) is 0. The van der Waals surface area contributed by atoms with Crippen LogP contribution in [0, 0.1) is 19.8 Å². The number of nitrogens with zero attached hydrogens (tertiary/aromatic N) is 5. The van der Waals surface area contributed by atoms with Gasteiger partial charge in [0.05, 0.1) is 22.5 Å². The molecule has 3 amide bonds. The molecule has 0 radical (unpaired) electrons. The Bertz CT molecular complexity index is 1330. The summed E-state index contributed by atoms with van der Waals surface area (Å²) >= 11 is 0. The minimum atomic E-state index is -4.33. The van der Waals surface area contributed by atoms with Crippen LogP contribution in [0.4, 0.5) is 23.9 Å². The summed E-state index contributed by atoms with van der Waals surface area (Å²) in [4.78, 5) is 41.1. The van der Waals surface area contributed by atoms with Crippen LogP contribution in [0.3, 0.4) is 0 Å². The van der Waals surface area contributed by atoms with Crippen LogP contribution < -0.4 is 10.6 Å². The Morgan fingerprint density at radius 1 is 1.02 bits per heavy atom. The second-order valence-corrected chi connectivity index (χ2v) is 12.8. The molecule has 3 heterocycles. The van der Waals surface area contributed by atoms with Gasteiger partial charge in [-0.05, 0) is 83.9 Å². The third-order valence-electron chi connectivity index (χ3n) is 9.62. The number of piperazine rings is 1. The number of carbonyl (C=O) groups is 2. The Hall–Kier alpha value is -3.25. The van der Waals surface area contributed by atoms with Gasteiger partial charge in [-0.25, -0.2) is 14.8 Å². The maximum Gasteiger partial charge on any atom is 0.416 e. The van der Waals surface area contributed by atoms with Gasteiger partial charge in [0.15, 0.2) is 0 Å². The molecule has 2 atom stereocenters. The van der Waals surface area contributed by atoms with Gasteiger partial charge in [-0.3, -0.25) is 19.9 Å². The normalized spacial score (nSPS) is 22.0. The van der Waals surface area contributed by atoms with Gasteiger partial charge in [0, 0.05) is 56.9 Å². The number of carbonyl (C=O) groups excluding carboxylic acids is 2. The summed E-state index contributed by atoms with van der Waals surface area (Å²) in [5.41, 5.74) is 1.86. The Morgan fingerprint density at radius 2 is 1.64 bits per heavy atom. The van der Waals surface area contributed by atoms with Gasteiger partial charge in [0.25, 0.3) is 5.91 Å². The average molecular weight is 616 g/mol. The van der Waals surface area contributed by atoms with E-state index in [1.54, 1.807) is 26.0 Å². The number of hydrogen-bond acceptors (Lipinski definition) is 6. The van der Waals surface area contributed by atoms with Crippen molar-refractivity contribution in [1.29, 1.82) is 0 Å². The van der Waals surface area contributed by atoms with E-state index >= 15 is 0 Å². The van der Waals surface area contributed by atoms with E-state index in [9.17, 15) is 22.8 Å². The predicted octanol–water partition coefficient (Wildman–Crippen LogP) is 5.41. The molecular formula is C32H44F3N7O2. The van der Waals surface area contributed by atoms with Crippen LogP contribution >= 0.6 is 0 Å². The SMILES string of the molecule is CCNC(=O)Nc1nc(C)c(C(=O)N2CCC(C)(N3CCN(C(c4ccc(C(F)(F)F)cc4)C4CC4)[C@@H](C)C3)CC2)c(C)n1. The highest BCUT2D eigenvalue weighted by Crippen LogP contribution is 2.46. The molecule has 1 aliphatic carbocycles. The number of rotatable bonds is 7. The lowest BCUT2D eigenvalue weighted by Crippen LogP contribution is -2.62.